The van der Waals surface area contributed by atoms with Crippen LogP contribution in [0.25, 0.3) is 0 Å². The van der Waals surface area contributed by atoms with Gasteiger partial charge in [0, 0.05) is 16.4 Å². The number of nitrogens with one attached hydrogen (secondary N) is 1. The van der Waals surface area contributed by atoms with Gasteiger partial charge in [-0.25, -0.2) is 0 Å². The van der Waals surface area contributed by atoms with E-state index in [9.17, 15) is 0 Å². The Bertz CT molecular complexity index is 372. The third kappa shape index (κ3) is 2.99. The zero-order valence-corrected chi connectivity index (χ0v) is 12.0. The number of benzene rings is 1. The van der Waals surface area contributed by atoms with Crippen molar-refractivity contribution < 1.29 is 0 Å². The predicted octanol–water partition coefficient (Wildman–Crippen LogP) is 4.04. The van der Waals surface area contributed by atoms with Gasteiger partial charge in [-0.3, -0.25) is 0 Å². The van der Waals surface area contributed by atoms with Crippen LogP contribution >= 0.6 is 15.9 Å². The summed E-state index contributed by atoms with van der Waals surface area (Å²) in [5, 5.41) is 3.58. The average Bonchev–Trinajstić information content (AvgIpc) is 2.80. The second kappa shape index (κ2) is 5.83. The highest BCUT2D eigenvalue weighted by Gasteiger charge is 2.32. The van der Waals surface area contributed by atoms with Crippen LogP contribution in [-0.4, -0.2) is 13.1 Å². The van der Waals surface area contributed by atoms with E-state index in [1.807, 2.05) is 0 Å². The Kier molecular flexibility index (Phi) is 4.41. The van der Waals surface area contributed by atoms with Gasteiger partial charge in [-0.1, -0.05) is 47.1 Å². The highest BCUT2D eigenvalue weighted by molar-refractivity contribution is 9.10. The van der Waals surface area contributed by atoms with Crippen molar-refractivity contribution in [1.29, 1.82) is 0 Å². The molecule has 1 aromatic rings. The first-order valence-electron chi connectivity index (χ1n) is 6.39. The summed E-state index contributed by atoms with van der Waals surface area (Å²) >= 11 is 3.50. The van der Waals surface area contributed by atoms with Crippen LogP contribution in [0.3, 0.4) is 0 Å². The maximum absolute atomic E-state index is 3.58. The molecule has 0 amide bonds. The SMILES string of the molecule is CCCNCC1(c2ccc(Br)cc2)CC=CC1. The number of allylic oxidation sites excluding steroid dienone is 2. The summed E-state index contributed by atoms with van der Waals surface area (Å²) in [4.78, 5) is 0. The van der Waals surface area contributed by atoms with E-state index in [4.69, 9.17) is 0 Å². The fourth-order valence-corrected chi connectivity index (χ4v) is 2.76. The van der Waals surface area contributed by atoms with Crippen LogP contribution in [0.1, 0.15) is 31.7 Å². The van der Waals surface area contributed by atoms with E-state index >= 15 is 0 Å². The molecule has 0 aliphatic heterocycles. The monoisotopic (exact) mass is 293 g/mol. The molecule has 2 rings (SSSR count). The summed E-state index contributed by atoms with van der Waals surface area (Å²) in [6.45, 7) is 4.40. The Labute approximate surface area is 112 Å². The highest BCUT2D eigenvalue weighted by Crippen LogP contribution is 2.37. The van der Waals surface area contributed by atoms with Crippen molar-refractivity contribution in [2.45, 2.75) is 31.6 Å². The summed E-state index contributed by atoms with van der Waals surface area (Å²) in [6.07, 6.45) is 8.14. The van der Waals surface area contributed by atoms with Gasteiger partial charge in [0.2, 0.25) is 0 Å². The van der Waals surface area contributed by atoms with Crippen LogP contribution in [0.15, 0.2) is 40.9 Å². The molecule has 0 aromatic heterocycles. The minimum Gasteiger partial charge on any atom is -0.316 e. The van der Waals surface area contributed by atoms with Gasteiger partial charge in [0.15, 0.2) is 0 Å². The molecule has 0 unspecified atom stereocenters. The quantitative estimate of drug-likeness (QED) is 0.638. The Morgan fingerprint density at radius 2 is 1.82 bits per heavy atom. The van der Waals surface area contributed by atoms with Crippen LogP contribution in [0.2, 0.25) is 0 Å². The van der Waals surface area contributed by atoms with Gasteiger partial charge in [0.25, 0.3) is 0 Å². The Morgan fingerprint density at radius 3 is 2.41 bits per heavy atom. The zero-order chi connectivity index (χ0) is 12.1. The summed E-state index contributed by atoms with van der Waals surface area (Å²) in [5.74, 6) is 0. The van der Waals surface area contributed by atoms with Crippen molar-refractivity contribution in [2.24, 2.45) is 0 Å². The smallest absolute Gasteiger partial charge is 0.0175 e. The molecule has 0 atom stereocenters. The molecule has 0 fully saturated rings. The molecule has 0 saturated carbocycles. The fraction of sp³-hybridized carbons (Fsp3) is 0.467. The van der Waals surface area contributed by atoms with Gasteiger partial charge in [-0.05, 0) is 43.5 Å². The first-order valence-corrected chi connectivity index (χ1v) is 7.18. The third-order valence-corrected chi connectivity index (χ3v) is 4.06. The minimum atomic E-state index is 0.288. The van der Waals surface area contributed by atoms with Crippen molar-refractivity contribution >= 4 is 15.9 Å². The van der Waals surface area contributed by atoms with Crippen LogP contribution in [-0.2, 0) is 5.41 Å². The van der Waals surface area contributed by atoms with Crippen LogP contribution in [0.4, 0.5) is 0 Å². The molecule has 0 radical (unpaired) electrons. The number of halogens is 1. The lowest BCUT2D eigenvalue weighted by atomic mass is 9.78. The molecule has 0 saturated heterocycles. The summed E-state index contributed by atoms with van der Waals surface area (Å²) in [6, 6.07) is 8.81. The predicted molar refractivity (Wildman–Crippen MR) is 77.4 cm³/mol. The van der Waals surface area contributed by atoms with E-state index in [-0.39, 0.29) is 5.41 Å². The van der Waals surface area contributed by atoms with E-state index in [1.165, 1.54) is 12.0 Å². The van der Waals surface area contributed by atoms with Crippen LogP contribution in [0, 0.1) is 0 Å². The van der Waals surface area contributed by atoms with Crippen molar-refractivity contribution in [3.8, 4) is 0 Å². The Morgan fingerprint density at radius 1 is 1.18 bits per heavy atom. The Hall–Kier alpha value is -0.600. The normalized spacial score (nSPS) is 17.5. The summed E-state index contributed by atoms with van der Waals surface area (Å²) in [5.41, 5.74) is 1.74. The molecule has 1 aromatic carbocycles. The van der Waals surface area contributed by atoms with E-state index in [0.717, 1.165) is 30.4 Å². The second-order valence-corrected chi connectivity index (χ2v) is 5.76. The summed E-state index contributed by atoms with van der Waals surface area (Å²) < 4.78 is 1.16. The minimum absolute atomic E-state index is 0.288. The highest BCUT2D eigenvalue weighted by atomic mass is 79.9. The van der Waals surface area contributed by atoms with Gasteiger partial charge in [0.1, 0.15) is 0 Å². The van der Waals surface area contributed by atoms with Gasteiger partial charge in [-0.15, -0.1) is 0 Å². The number of rotatable bonds is 5. The molecule has 0 heterocycles. The summed E-state index contributed by atoms with van der Waals surface area (Å²) in [7, 11) is 0. The van der Waals surface area contributed by atoms with Gasteiger partial charge >= 0.3 is 0 Å². The van der Waals surface area contributed by atoms with Gasteiger partial charge in [-0.2, -0.15) is 0 Å². The average molecular weight is 294 g/mol. The molecule has 92 valence electrons. The first-order chi connectivity index (χ1) is 8.27. The molecule has 17 heavy (non-hydrogen) atoms. The van der Waals surface area contributed by atoms with Gasteiger partial charge in [0.05, 0.1) is 0 Å². The van der Waals surface area contributed by atoms with Crippen molar-refractivity contribution in [1.82, 2.24) is 5.32 Å². The van der Waals surface area contributed by atoms with Gasteiger partial charge < -0.3 is 5.32 Å². The molecule has 1 N–H and O–H groups in total. The lowest BCUT2D eigenvalue weighted by Crippen LogP contribution is -2.36. The Balaban J connectivity index is 2.13. The lowest BCUT2D eigenvalue weighted by Gasteiger charge is -2.30. The maximum Gasteiger partial charge on any atom is 0.0175 e. The maximum atomic E-state index is 3.58. The first kappa shape index (κ1) is 12.8. The fourth-order valence-electron chi connectivity index (χ4n) is 2.49. The van der Waals surface area contributed by atoms with E-state index in [1.54, 1.807) is 0 Å². The number of hydrogen-bond acceptors (Lipinski definition) is 1. The second-order valence-electron chi connectivity index (χ2n) is 4.84. The van der Waals surface area contributed by atoms with Crippen molar-refractivity contribution in [2.75, 3.05) is 13.1 Å². The standard InChI is InChI=1S/C15H20BrN/c1-2-11-17-12-15(9-3-4-10-15)13-5-7-14(16)8-6-13/h3-8,17H,2,9-12H2,1H3. The van der Waals surface area contributed by atoms with E-state index in [0.29, 0.717) is 0 Å². The third-order valence-electron chi connectivity index (χ3n) is 3.53. The zero-order valence-electron chi connectivity index (χ0n) is 10.4. The van der Waals surface area contributed by atoms with Crippen LogP contribution < -0.4 is 5.32 Å². The lowest BCUT2D eigenvalue weighted by molar-refractivity contribution is 0.419. The molecule has 1 aliphatic rings. The van der Waals surface area contributed by atoms with Crippen molar-refractivity contribution in [3.63, 3.8) is 0 Å². The molecule has 2 heteroatoms. The molecular formula is C15H20BrN. The van der Waals surface area contributed by atoms with E-state index < -0.39 is 0 Å². The van der Waals surface area contributed by atoms with E-state index in [2.05, 4.69) is 64.6 Å². The topological polar surface area (TPSA) is 12.0 Å². The molecule has 0 spiro atoms. The molecule has 1 aliphatic carbocycles. The number of hydrogen-bond donors (Lipinski definition) is 1. The largest absolute Gasteiger partial charge is 0.316 e. The molecule has 1 nitrogen and oxygen atoms in total. The van der Waals surface area contributed by atoms with Crippen LogP contribution in [0.5, 0.6) is 0 Å². The molecular weight excluding hydrogens is 274 g/mol. The van der Waals surface area contributed by atoms with Crippen molar-refractivity contribution in [3.05, 3.63) is 46.5 Å². The molecule has 0 bridgehead atoms.